The lowest BCUT2D eigenvalue weighted by Gasteiger charge is -2.40. The van der Waals surface area contributed by atoms with Gasteiger partial charge in [-0.3, -0.25) is 0 Å². The maximum atomic E-state index is 12.3. The second-order valence-electron chi connectivity index (χ2n) is 5.51. The molecule has 4 rings (SSSR count). The van der Waals surface area contributed by atoms with E-state index in [1.54, 1.807) is 0 Å². The van der Waals surface area contributed by atoms with Crippen LogP contribution in [0.25, 0.3) is 0 Å². The smallest absolute Gasteiger partial charge is 0.354 e. The molecular formula is C13H15NO3. The number of ether oxygens (including phenoxy) is 1. The van der Waals surface area contributed by atoms with Crippen molar-refractivity contribution in [3.8, 4) is 0 Å². The number of hydrogen-bond donors (Lipinski definition) is 0. The van der Waals surface area contributed by atoms with Gasteiger partial charge in [-0.1, -0.05) is 17.3 Å². The van der Waals surface area contributed by atoms with E-state index in [2.05, 4.69) is 17.3 Å². The molecule has 4 aliphatic rings. The SMILES string of the molecule is COC(=O)C12ON=C3CCCC31C1C=CC2C1. The first kappa shape index (κ1) is 9.68. The molecule has 0 aromatic rings. The third-order valence-electron chi connectivity index (χ3n) is 5.19. The maximum absolute atomic E-state index is 12.3. The van der Waals surface area contributed by atoms with Crippen molar-refractivity contribution in [2.45, 2.75) is 31.3 Å². The first-order valence-electron chi connectivity index (χ1n) is 6.28. The summed E-state index contributed by atoms with van der Waals surface area (Å²) in [5, 5.41) is 4.23. The number of rotatable bonds is 1. The Balaban J connectivity index is 1.94. The topological polar surface area (TPSA) is 47.9 Å². The van der Waals surface area contributed by atoms with E-state index in [0.29, 0.717) is 5.92 Å². The molecule has 4 atom stereocenters. The Hall–Kier alpha value is -1.32. The van der Waals surface area contributed by atoms with E-state index >= 15 is 0 Å². The monoisotopic (exact) mass is 233 g/mol. The largest absolute Gasteiger partial charge is 0.466 e. The lowest BCUT2D eigenvalue weighted by atomic mass is 9.63. The van der Waals surface area contributed by atoms with Gasteiger partial charge in [-0.15, -0.1) is 0 Å². The molecule has 0 saturated heterocycles. The average molecular weight is 233 g/mol. The molecule has 1 spiro atoms. The lowest BCUT2D eigenvalue weighted by Crippen LogP contribution is -2.57. The third kappa shape index (κ3) is 0.761. The minimum Gasteiger partial charge on any atom is -0.466 e. The van der Waals surface area contributed by atoms with E-state index in [4.69, 9.17) is 9.57 Å². The van der Waals surface area contributed by atoms with E-state index in [1.165, 1.54) is 7.11 Å². The maximum Gasteiger partial charge on any atom is 0.354 e. The van der Waals surface area contributed by atoms with E-state index in [9.17, 15) is 4.79 Å². The van der Waals surface area contributed by atoms with Gasteiger partial charge in [0.1, 0.15) is 0 Å². The predicted molar refractivity (Wildman–Crippen MR) is 60.3 cm³/mol. The minimum absolute atomic E-state index is 0.138. The van der Waals surface area contributed by atoms with Crippen molar-refractivity contribution in [3.63, 3.8) is 0 Å². The number of methoxy groups -OCH3 is 1. The van der Waals surface area contributed by atoms with Gasteiger partial charge < -0.3 is 9.57 Å². The van der Waals surface area contributed by atoms with E-state index in [-0.39, 0.29) is 17.3 Å². The minimum atomic E-state index is -0.840. The summed E-state index contributed by atoms with van der Waals surface area (Å²) in [7, 11) is 1.44. The number of carbonyl (C=O) groups excluding carboxylic acids is 1. The van der Waals surface area contributed by atoms with E-state index in [1.807, 2.05) is 0 Å². The van der Waals surface area contributed by atoms with Gasteiger partial charge in [0.2, 0.25) is 0 Å². The van der Waals surface area contributed by atoms with Gasteiger partial charge in [0.15, 0.2) is 0 Å². The number of allylic oxidation sites excluding steroid dienone is 1. The molecule has 4 nitrogen and oxygen atoms in total. The van der Waals surface area contributed by atoms with Crippen LogP contribution in [0, 0.1) is 17.3 Å². The summed E-state index contributed by atoms with van der Waals surface area (Å²) in [5.74, 6) is 0.310. The Morgan fingerprint density at radius 2 is 2.35 bits per heavy atom. The van der Waals surface area contributed by atoms with Crippen molar-refractivity contribution in [1.29, 1.82) is 0 Å². The second-order valence-corrected chi connectivity index (χ2v) is 5.51. The Morgan fingerprint density at radius 3 is 3.18 bits per heavy atom. The van der Waals surface area contributed by atoms with Crippen LogP contribution in [0.15, 0.2) is 17.3 Å². The standard InChI is InChI=1S/C13H15NO3/c1-16-11(15)13-9-5-4-8(7-9)12(13)6-2-3-10(12)14-17-13/h4-5,8-9H,2-3,6-7H2,1H3. The molecule has 17 heavy (non-hydrogen) atoms. The summed E-state index contributed by atoms with van der Waals surface area (Å²) < 4.78 is 5.02. The molecule has 3 aliphatic carbocycles. The normalized spacial score (nSPS) is 48.6. The van der Waals surface area contributed by atoms with Gasteiger partial charge in [0.25, 0.3) is 5.60 Å². The fourth-order valence-electron chi connectivity index (χ4n) is 4.60. The molecule has 0 radical (unpaired) electrons. The molecule has 2 bridgehead atoms. The van der Waals surface area contributed by atoms with Crippen molar-refractivity contribution in [3.05, 3.63) is 12.2 Å². The van der Waals surface area contributed by atoms with Crippen LogP contribution in [0.2, 0.25) is 0 Å². The van der Waals surface area contributed by atoms with Crippen LogP contribution < -0.4 is 0 Å². The molecule has 90 valence electrons. The summed E-state index contributed by atoms with van der Waals surface area (Å²) in [6.07, 6.45) is 8.46. The van der Waals surface area contributed by atoms with Gasteiger partial charge >= 0.3 is 5.97 Å². The second kappa shape index (κ2) is 2.74. The molecule has 1 heterocycles. The molecule has 0 amide bonds. The van der Waals surface area contributed by atoms with Gasteiger partial charge in [0.05, 0.1) is 18.2 Å². The Labute approximate surface area is 99.6 Å². The zero-order chi connectivity index (χ0) is 11.7. The average Bonchev–Trinajstić information content (AvgIpc) is 3.03. The van der Waals surface area contributed by atoms with Crippen LogP contribution in [0.4, 0.5) is 0 Å². The van der Waals surface area contributed by atoms with Crippen LogP contribution in [0.5, 0.6) is 0 Å². The van der Waals surface area contributed by atoms with Crippen LogP contribution in [-0.2, 0) is 14.4 Å². The molecule has 4 heteroatoms. The first-order chi connectivity index (χ1) is 8.25. The molecule has 1 aliphatic heterocycles. The number of carbonyl (C=O) groups is 1. The molecule has 2 fully saturated rings. The highest BCUT2D eigenvalue weighted by Gasteiger charge is 2.78. The van der Waals surface area contributed by atoms with Gasteiger partial charge in [0, 0.05) is 5.92 Å². The fraction of sp³-hybridized carbons (Fsp3) is 0.692. The van der Waals surface area contributed by atoms with Crippen molar-refractivity contribution < 1.29 is 14.4 Å². The highest BCUT2D eigenvalue weighted by Crippen LogP contribution is 2.68. The Kier molecular flexibility index (Phi) is 1.56. The zero-order valence-electron chi connectivity index (χ0n) is 9.81. The van der Waals surface area contributed by atoms with Gasteiger partial charge in [-0.05, 0) is 31.6 Å². The number of esters is 1. The van der Waals surface area contributed by atoms with Gasteiger partial charge in [-0.25, -0.2) is 4.79 Å². The fourth-order valence-corrected chi connectivity index (χ4v) is 4.60. The Morgan fingerprint density at radius 1 is 1.53 bits per heavy atom. The van der Waals surface area contributed by atoms with Crippen molar-refractivity contribution >= 4 is 11.7 Å². The van der Waals surface area contributed by atoms with Crippen LogP contribution in [0.3, 0.4) is 0 Å². The summed E-state index contributed by atoms with van der Waals surface area (Å²) >= 11 is 0. The quantitative estimate of drug-likeness (QED) is 0.511. The molecule has 0 N–H and O–H groups in total. The molecule has 0 aromatic carbocycles. The van der Waals surface area contributed by atoms with E-state index < -0.39 is 5.60 Å². The number of fused-ring (bicyclic) bond motifs is 3. The summed E-state index contributed by atoms with van der Waals surface area (Å²) in [6.45, 7) is 0. The van der Waals surface area contributed by atoms with Gasteiger partial charge in [-0.2, -0.15) is 0 Å². The number of nitrogens with zero attached hydrogens (tertiary/aromatic N) is 1. The number of hydrogen-bond acceptors (Lipinski definition) is 4. The van der Waals surface area contributed by atoms with E-state index in [0.717, 1.165) is 31.4 Å². The van der Waals surface area contributed by atoms with Crippen molar-refractivity contribution in [2.24, 2.45) is 22.4 Å². The first-order valence-corrected chi connectivity index (χ1v) is 6.28. The van der Waals surface area contributed by atoms with Crippen LogP contribution in [-0.4, -0.2) is 24.4 Å². The zero-order valence-corrected chi connectivity index (χ0v) is 9.81. The van der Waals surface area contributed by atoms with Crippen molar-refractivity contribution in [2.75, 3.05) is 7.11 Å². The van der Waals surface area contributed by atoms with Crippen LogP contribution >= 0.6 is 0 Å². The molecule has 0 aromatic heterocycles. The molecule has 2 saturated carbocycles. The lowest BCUT2D eigenvalue weighted by molar-refractivity contribution is -0.181. The third-order valence-corrected chi connectivity index (χ3v) is 5.19. The summed E-state index contributed by atoms with van der Waals surface area (Å²) in [4.78, 5) is 18.0. The predicted octanol–water partition coefficient (Wildman–Crippen LogP) is 1.66. The molecular weight excluding hydrogens is 218 g/mol. The number of oxime groups is 1. The highest BCUT2D eigenvalue weighted by molar-refractivity contribution is 6.02. The Bertz CT molecular complexity index is 469. The highest BCUT2D eigenvalue weighted by atomic mass is 16.7. The van der Waals surface area contributed by atoms with Crippen LogP contribution in [0.1, 0.15) is 25.7 Å². The van der Waals surface area contributed by atoms with Crippen molar-refractivity contribution in [1.82, 2.24) is 0 Å². The molecule has 4 unspecified atom stereocenters. The summed E-state index contributed by atoms with van der Waals surface area (Å²) in [6, 6.07) is 0. The summed E-state index contributed by atoms with van der Waals surface area (Å²) in [5.41, 5.74) is 0.0757.